The van der Waals surface area contributed by atoms with Gasteiger partial charge in [0.05, 0.1) is 13.2 Å². The van der Waals surface area contributed by atoms with Gasteiger partial charge in [-0.1, -0.05) is 0 Å². The van der Waals surface area contributed by atoms with E-state index >= 15 is 0 Å². The van der Waals surface area contributed by atoms with Crippen molar-refractivity contribution in [3.8, 4) is 0 Å². The number of amides is 1. The number of carbonyl (C=O) groups is 2. The Kier molecular flexibility index (Phi) is 4.76. The fourth-order valence-corrected chi connectivity index (χ4v) is 1.92. The van der Waals surface area contributed by atoms with Gasteiger partial charge < -0.3 is 14.4 Å². The highest BCUT2D eigenvalue weighted by atomic mass is 19.1. The first-order valence-electron chi connectivity index (χ1n) is 6.52. The first kappa shape index (κ1) is 15.7. The Balaban J connectivity index is 2.68. The summed E-state index contributed by atoms with van der Waals surface area (Å²) in [4.78, 5) is 24.7. The zero-order valence-electron chi connectivity index (χ0n) is 12.0. The van der Waals surface area contributed by atoms with Gasteiger partial charge >= 0.3 is 12.1 Å². The predicted molar refractivity (Wildman–Crippen MR) is 67.5 cm³/mol. The van der Waals surface area contributed by atoms with Crippen LogP contribution >= 0.6 is 0 Å². The van der Waals surface area contributed by atoms with Crippen LogP contribution < -0.4 is 0 Å². The van der Waals surface area contributed by atoms with Crippen LogP contribution in [0, 0.1) is 0 Å². The van der Waals surface area contributed by atoms with E-state index in [1.165, 1.54) is 4.90 Å². The fourth-order valence-electron chi connectivity index (χ4n) is 1.92. The molecule has 1 unspecified atom stereocenters. The lowest BCUT2D eigenvalue weighted by molar-refractivity contribution is -0.160. The lowest BCUT2D eigenvalue weighted by Crippen LogP contribution is -2.53. The molecule has 1 rings (SSSR count). The van der Waals surface area contributed by atoms with E-state index in [9.17, 15) is 14.0 Å². The summed E-state index contributed by atoms with van der Waals surface area (Å²) in [6, 6.07) is 0. The van der Waals surface area contributed by atoms with Crippen molar-refractivity contribution in [1.29, 1.82) is 0 Å². The van der Waals surface area contributed by atoms with Crippen molar-refractivity contribution < 1.29 is 23.5 Å². The van der Waals surface area contributed by atoms with Gasteiger partial charge in [0.2, 0.25) is 5.67 Å². The van der Waals surface area contributed by atoms with Gasteiger partial charge in [-0.05, 0) is 40.5 Å². The second-order valence-corrected chi connectivity index (χ2v) is 5.69. The van der Waals surface area contributed by atoms with Gasteiger partial charge in [-0.15, -0.1) is 0 Å². The maximum Gasteiger partial charge on any atom is 0.410 e. The first-order valence-corrected chi connectivity index (χ1v) is 6.52. The molecule has 1 amide bonds. The SMILES string of the molecule is CCOC(=O)C1(F)CCCN(C(=O)OC(C)(C)C)C1. The van der Waals surface area contributed by atoms with Crippen LogP contribution in [0.2, 0.25) is 0 Å². The summed E-state index contributed by atoms with van der Waals surface area (Å²) in [7, 11) is 0. The molecule has 0 spiro atoms. The fraction of sp³-hybridized carbons (Fsp3) is 0.846. The number of carbonyl (C=O) groups excluding carboxylic acids is 2. The molecular formula is C13H22FNO4. The molecule has 110 valence electrons. The van der Waals surface area contributed by atoms with E-state index in [1.807, 2.05) is 0 Å². The Bertz CT molecular complexity index is 353. The Morgan fingerprint density at radius 1 is 1.37 bits per heavy atom. The van der Waals surface area contributed by atoms with Crippen LogP contribution in [0.5, 0.6) is 0 Å². The van der Waals surface area contributed by atoms with Crippen molar-refractivity contribution in [1.82, 2.24) is 4.90 Å². The number of hydrogen-bond donors (Lipinski definition) is 0. The van der Waals surface area contributed by atoms with Crippen molar-refractivity contribution in [3.05, 3.63) is 0 Å². The number of likely N-dealkylation sites (tertiary alicyclic amines) is 1. The normalized spacial score (nSPS) is 23.9. The number of alkyl halides is 1. The predicted octanol–water partition coefficient (Wildman–Crippen LogP) is 2.29. The van der Waals surface area contributed by atoms with Crippen molar-refractivity contribution in [3.63, 3.8) is 0 Å². The minimum atomic E-state index is -2.12. The average molecular weight is 275 g/mol. The molecule has 1 saturated heterocycles. The van der Waals surface area contributed by atoms with E-state index in [4.69, 9.17) is 9.47 Å². The van der Waals surface area contributed by atoms with Crippen LogP contribution in [-0.2, 0) is 14.3 Å². The van der Waals surface area contributed by atoms with Crippen LogP contribution in [0.1, 0.15) is 40.5 Å². The largest absolute Gasteiger partial charge is 0.464 e. The third-order valence-electron chi connectivity index (χ3n) is 2.74. The average Bonchev–Trinajstić information content (AvgIpc) is 2.27. The zero-order valence-corrected chi connectivity index (χ0v) is 12.0. The third kappa shape index (κ3) is 4.36. The summed E-state index contributed by atoms with van der Waals surface area (Å²) in [5, 5.41) is 0. The molecule has 6 heteroatoms. The van der Waals surface area contributed by atoms with Gasteiger partial charge in [-0.3, -0.25) is 0 Å². The van der Waals surface area contributed by atoms with Crippen molar-refractivity contribution in [2.24, 2.45) is 0 Å². The molecule has 1 fully saturated rings. The minimum absolute atomic E-state index is 0.0745. The molecule has 0 N–H and O–H groups in total. The Morgan fingerprint density at radius 3 is 2.53 bits per heavy atom. The quantitative estimate of drug-likeness (QED) is 0.726. The summed E-state index contributed by atoms with van der Waals surface area (Å²) in [5.41, 5.74) is -2.76. The molecule has 5 nitrogen and oxygen atoms in total. The van der Waals surface area contributed by atoms with Crippen LogP contribution in [0.3, 0.4) is 0 Å². The molecule has 1 heterocycles. The summed E-state index contributed by atoms with van der Waals surface area (Å²) in [6.45, 7) is 7.04. The number of esters is 1. The van der Waals surface area contributed by atoms with Gasteiger partial charge in [-0.2, -0.15) is 0 Å². The smallest absolute Gasteiger partial charge is 0.410 e. The van der Waals surface area contributed by atoms with E-state index in [-0.39, 0.29) is 19.6 Å². The summed E-state index contributed by atoms with van der Waals surface area (Å²) < 4.78 is 24.4. The van der Waals surface area contributed by atoms with Gasteiger partial charge in [-0.25, -0.2) is 14.0 Å². The molecule has 1 atom stereocenters. The highest BCUT2D eigenvalue weighted by Gasteiger charge is 2.46. The number of piperidine rings is 1. The van der Waals surface area contributed by atoms with Gasteiger partial charge in [0.25, 0.3) is 0 Å². The van der Waals surface area contributed by atoms with Crippen LogP contribution in [-0.4, -0.2) is 47.9 Å². The van der Waals surface area contributed by atoms with E-state index in [0.29, 0.717) is 13.0 Å². The number of hydrogen-bond acceptors (Lipinski definition) is 4. The second-order valence-electron chi connectivity index (χ2n) is 5.69. The van der Waals surface area contributed by atoms with Crippen molar-refractivity contribution in [2.75, 3.05) is 19.7 Å². The third-order valence-corrected chi connectivity index (χ3v) is 2.74. The zero-order chi connectivity index (χ0) is 14.7. The number of rotatable bonds is 2. The van der Waals surface area contributed by atoms with Crippen LogP contribution in [0.15, 0.2) is 0 Å². The maximum absolute atomic E-state index is 14.5. The van der Waals surface area contributed by atoms with Crippen molar-refractivity contribution >= 4 is 12.1 Å². The lowest BCUT2D eigenvalue weighted by Gasteiger charge is -2.36. The summed E-state index contributed by atoms with van der Waals surface area (Å²) in [5.74, 6) is -0.900. The van der Waals surface area contributed by atoms with Gasteiger partial charge in [0, 0.05) is 6.54 Å². The molecule has 19 heavy (non-hydrogen) atoms. The van der Waals surface area contributed by atoms with E-state index in [2.05, 4.69) is 0 Å². The molecule has 0 aromatic carbocycles. The summed E-state index contributed by atoms with van der Waals surface area (Å²) >= 11 is 0. The van der Waals surface area contributed by atoms with Crippen molar-refractivity contribution in [2.45, 2.75) is 51.8 Å². The Labute approximate surface area is 113 Å². The Morgan fingerprint density at radius 2 is 2.00 bits per heavy atom. The molecule has 0 radical (unpaired) electrons. The lowest BCUT2D eigenvalue weighted by atomic mass is 9.95. The highest BCUT2D eigenvalue weighted by Crippen LogP contribution is 2.27. The molecular weight excluding hydrogens is 253 g/mol. The van der Waals surface area contributed by atoms with Gasteiger partial charge in [0.1, 0.15) is 5.60 Å². The molecule has 1 aliphatic rings. The van der Waals surface area contributed by atoms with E-state index < -0.39 is 23.3 Å². The summed E-state index contributed by atoms with van der Waals surface area (Å²) in [6.07, 6.45) is -0.113. The molecule has 0 aromatic heterocycles. The molecule has 0 aromatic rings. The topological polar surface area (TPSA) is 55.8 Å². The molecule has 0 saturated carbocycles. The van der Waals surface area contributed by atoms with E-state index in [1.54, 1.807) is 27.7 Å². The number of halogens is 1. The standard InChI is InChI=1S/C13H22FNO4/c1-5-18-10(16)13(14)7-6-8-15(9-13)11(17)19-12(2,3)4/h5-9H2,1-4H3. The monoisotopic (exact) mass is 275 g/mol. The van der Waals surface area contributed by atoms with Crippen LogP contribution in [0.25, 0.3) is 0 Å². The van der Waals surface area contributed by atoms with Gasteiger partial charge in [0.15, 0.2) is 0 Å². The van der Waals surface area contributed by atoms with E-state index in [0.717, 1.165) is 0 Å². The Hall–Kier alpha value is -1.33. The number of nitrogens with zero attached hydrogens (tertiary/aromatic N) is 1. The second kappa shape index (κ2) is 5.75. The minimum Gasteiger partial charge on any atom is -0.464 e. The maximum atomic E-state index is 14.5. The molecule has 0 bridgehead atoms. The highest BCUT2D eigenvalue weighted by molar-refractivity contribution is 5.81. The molecule has 0 aliphatic carbocycles. The molecule has 1 aliphatic heterocycles. The van der Waals surface area contributed by atoms with Crippen LogP contribution in [0.4, 0.5) is 9.18 Å². The first-order chi connectivity index (χ1) is 8.68. The number of ether oxygens (including phenoxy) is 2.